The summed E-state index contributed by atoms with van der Waals surface area (Å²) < 4.78 is 36.4. The molecule has 1 aromatic rings. The standard InChI is InChI=1S/C26H35FN2O6/c1-4-10-29(11-5-2)24(31)9-7-8-23(30)28-21(22-17-33-25-26(34-22)35-25)15-18-13-19(27)16-20(14-18)32-12-6-3/h4,6,13-14,16,21-22,25-26H,1,3,5,7-12,15,17H2,2H3,(H,28,30)/t21-,22+,25?,26?/m0/s1. The van der Waals surface area contributed by atoms with Gasteiger partial charge in [0.25, 0.3) is 0 Å². The van der Waals surface area contributed by atoms with Gasteiger partial charge >= 0.3 is 0 Å². The van der Waals surface area contributed by atoms with E-state index in [4.69, 9.17) is 18.9 Å². The Morgan fingerprint density at radius 3 is 2.77 bits per heavy atom. The Kier molecular flexibility index (Phi) is 10.3. The number of epoxide rings is 1. The van der Waals surface area contributed by atoms with E-state index in [0.717, 1.165) is 6.42 Å². The third-order valence-electron chi connectivity index (χ3n) is 5.69. The van der Waals surface area contributed by atoms with Crippen LogP contribution in [0.5, 0.6) is 5.75 Å². The molecule has 2 fully saturated rings. The van der Waals surface area contributed by atoms with Crippen molar-refractivity contribution in [3.05, 3.63) is 54.9 Å². The summed E-state index contributed by atoms with van der Waals surface area (Å²) in [5.41, 5.74) is 0.645. The van der Waals surface area contributed by atoms with Crippen molar-refractivity contribution in [3.63, 3.8) is 0 Å². The SMILES string of the molecule is C=CCOc1cc(F)cc(C[C@H](NC(=O)CCCC(=O)N(CC=C)CCC)[C@H]2COC3OC3O2)c1. The zero-order valence-corrected chi connectivity index (χ0v) is 20.2. The Morgan fingerprint density at radius 2 is 2.06 bits per heavy atom. The van der Waals surface area contributed by atoms with Gasteiger partial charge in [-0.05, 0) is 37.0 Å². The summed E-state index contributed by atoms with van der Waals surface area (Å²) >= 11 is 0. The molecule has 2 aliphatic rings. The van der Waals surface area contributed by atoms with Gasteiger partial charge in [0.2, 0.25) is 24.4 Å². The average Bonchev–Trinajstić information content (AvgIpc) is 3.61. The predicted molar refractivity (Wildman–Crippen MR) is 128 cm³/mol. The Hall–Kier alpha value is -2.75. The van der Waals surface area contributed by atoms with E-state index in [1.807, 2.05) is 6.92 Å². The van der Waals surface area contributed by atoms with Crippen molar-refractivity contribution in [2.45, 2.75) is 63.8 Å². The fourth-order valence-electron chi connectivity index (χ4n) is 4.00. The first-order valence-corrected chi connectivity index (χ1v) is 12.1. The number of hydrogen-bond donors (Lipinski definition) is 1. The lowest BCUT2D eigenvalue weighted by Gasteiger charge is -2.29. The number of halogens is 1. The second-order valence-corrected chi connectivity index (χ2v) is 8.64. The van der Waals surface area contributed by atoms with Crippen LogP contribution >= 0.6 is 0 Å². The zero-order valence-electron chi connectivity index (χ0n) is 20.2. The molecule has 9 heteroatoms. The Bertz CT molecular complexity index is 895. The van der Waals surface area contributed by atoms with Gasteiger partial charge in [0.1, 0.15) is 24.3 Å². The lowest BCUT2D eigenvalue weighted by Crippen LogP contribution is -2.50. The molecule has 192 valence electrons. The molecule has 35 heavy (non-hydrogen) atoms. The van der Waals surface area contributed by atoms with E-state index < -0.39 is 24.3 Å². The van der Waals surface area contributed by atoms with Crippen LogP contribution in [0.25, 0.3) is 0 Å². The molecule has 1 N–H and O–H groups in total. The second-order valence-electron chi connectivity index (χ2n) is 8.64. The van der Waals surface area contributed by atoms with Crippen LogP contribution in [0.1, 0.15) is 38.2 Å². The molecule has 0 spiro atoms. The summed E-state index contributed by atoms with van der Waals surface area (Å²) in [7, 11) is 0. The largest absolute Gasteiger partial charge is 0.489 e. The van der Waals surface area contributed by atoms with Crippen molar-refractivity contribution in [2.24, 2.45) is 0 Å². The summed E-state index contributed by atoms with van der Waals surface area (Å²) in [6.45, 7) is 11.0. The number of benzene rings is 1. The predicted octanol–water partition coefficient (Wildman–Crippen LogP) is 3.11. The van der Waals surface area contributed by atoms with E-state index in [0.29, 0.717) is 37.2 Å². The summed E-state index contributed by atoms with van der Waals surface area (Å²) in [5.74, 6) is -0.266. The van der Waals surface area contributed by atoms with Crippen molar-refractivity contribution in [2.75, 3.05) is 26.3 Å². The molecule has 0 aromatic heterocycles. The maximum atomic E-state index is 14.2. The molecule has 2 heterocycles. The molecule has 0 bridgehead atoms. The lowest BCUT2D eigenvalue weighted by atomic mass is 10.00. The third kappa shape index (κ3) is 8.45. The third-order valence-corrected chi connectivity index (χ3v) is 5.69. The first kappa shape index (κ1) is 26.8. The molecule has 0 aliphatic carbocycles. The van der Waals surface area contributed by atoms with Crippen LogP contribution in [-0.4, -0.2) is 67.7 Å². The van der Waals surface area contributed by atoms with Crippen molar-refractivity contribution >= 4 is 11.8 Å². The van der Waals surface area contributed by atoms with E-state index in [2.05, 4.69) is 18.5 Å². The van der Waals surface area contributed by atoms with Crippen LogP contribution in [0, 0.1) is 5.82 Å². The number of amides is 2. The highest BCUT2D eigenvalue weighted by atomic mass is 19.1. The quantitative estimate of drug-likeness (QED) is 0.300. The number of ether oxygens (including phenoxy) is 4. The van der Waals surface area contributed by atoms with E-state index in [1.54, 1.807) is 23.1 Å². The number of carbonyl (C=O) groups is 2. The summed E-state index contributed by atoms with van der Waals surface area (Å²) in [4.78, 5) is 26.9. The number of nitrogens with zero attached hydrogens (tertiary/aromatic N) is 1. The van der Waals surface area contributed by atoms with E-state index in [-0.39, 0.29) is 44.2 Å². The van der Waals surface area contributed by atoms with Crippen LogP contribution in [0.4, 0.5) is 4.39 Å². The molecule has 8 nitrogen and oxygen atoms in total. The van der Waals surface area contributed by atoms with E-state index >= 15 is 0 Å². The minimum Gasteiger partial charge on any atom is -0.489 e. The van der Waals surface area contributed by atoms with Crippen molar-refractivity contribution < 1.29 is 32.9 Å². The summed E-state index contributed by atoms with van der Waals surface area (Å²) in [5, 5.41) is 2.99. The molecule has 2 saturated heterocycles. The Balaban J connectivity index is 1.59. The molecule has 4 atom stereocenters. The number of carbonyl (C=O) groups excluding carboxylic acids is 2. The average molecular weight is 491 g/mol. The number of hydrogen-bond acceptors (Lipinski definition) is 6. The highest BCUT2D eigenvalue weighted by molar-refractivity contribution is 5.79. The van der Waals surface area contributed by atoms with Gasteiger partial charge in [0, 0.05) is 32.0 Å². The smallest absolute Gasteiger partial charge is 0.222 e. The van der Waals surface area contributed by atoms with E-state index in [9.17, 15) is 14.0 Å². The van der Waals surface area contributed by atoms with Crippen molar-refractivity contribution in [1.82, 2.24) is 10.2 Å². The summed E-state index contributed by atoms with van der Waals surface area (Å²) in [6, 6.07) is 3.96. The molecule has 1 aromatic carbocycles. The molecule has 2 unspecified atom stereocenters. The Labute approximate surface area is 206 Å². The minimum absolute atomic E-state index is 0.00357. The maximum absolute atomic E-state index is 14.2. The van der Waals surface area contributed by atoms with Gasteiger partial charge in [-0.15, -0.1) is 6.58 Å². The van der Waals surface area contributed by atoms with Crippen LogP contribution < -0.4 is 10.1 Å². The van der Waals surface area contributed by atoms with Crippen LogP contribution in [0.3, 0.4) is 0 Å². The highest BCUT2D eigenvalue weighted by Crippen LogP contribution is 2.32. The lowest BCUT2D eigenvalue weighted by molar-refractivity contribution is -0.131. The molecular formula is C26H35FN2O6. The van der Waals surface area contributed by atoms with Gasteiger partial charge in [-0.2, -0.15) is 0 Å². The summed E-state index contributed by atoms with van der Waals surface area (Å²) in [6.07, 6.45) is 4.06. The normalized spacial score (nSPS) is 21.4. The molecule has 2 aliphatic heterocycles. The zero-order chi connectivity index (χ0) is 25.2. The maximum Gasteiger partial charge on any atom is 0.222 e. The number of fused-ring (bicyclic) bond motifs is 1. The van der Waals surface area contributed by atoms with Gasteiger partial charge < -0.3 is 29.2 Å². The first-order valence-electron chi connectivity index (χ1n) is 12.1. The van der Waals surface area contributed by atoms with E-state index in [1.165, 1.54) is 12.1 Å². The highest BCUT2D eigenvalue weighted by Gasteiger charge is 2.49. The minimum atomic E-state index is -0.477. The topological polar surface area (TPSA) is 89.6 Å². The van der Waals surface area contributed by atoms with Gasteiger partial charge in [-0.3, -0.25) is 9.59 Å². The molecule has 3 rings (SSSR count). The fourth-order valence-corrected chi connectivity index (χ4v) is 4.00. The fraction of sp³-hybridized carbons (Fsp3) is 0.538. The molecule has 0 radical (unpaired) electrons. The van der Waals surface area contributed by atoms with Crippen LogP contribution in [0.15, 0.2) is 43.5 Å². The van der Waals surface area contributed by atoms with Gasteiger partial charge in [-0.25, -0.2) is 4.39 Å². The van der Waals surface area contributed by atoms with Gasteiger partial charge in [0.15, 0.2) is 0 Å². The number of nitrogens with one attached hydrogen (secondary N) is 1. The van der Waals surface area contributed by atoms with Crippen LogP contribution in [0.2, 0.25) is 0 Å². The first-order chi connectivity index (χ1) is 16.9. The molecular weight excluding hydrogens is 455 g/mol. The van der Waals surface area contributed by atoms with Gasteiger partial charge in [-0.1, -0.05) is 25.7 Å². The monoisotopic (exact) mass is 490 g/mol. The molecule has 0 saturated carbocycles. The number of rotatable bonds is 15. The van der Waals surface area contributed by atoms with Crippen molar-refractivity contribution in [1.29, 1.82) is 0 Å². The molecule has 2 amide bonds. The van der Waals surface area contributed by atoms with Crippen LogP contribution in [-0.2, 0) is 30.2 Å². The van der Waals surface area contributed by atoms with Crippen molar-refractivity contribution in [3.8, 4) is 5.75 Å². The van der Waals surface area contributed by atoms with Gasteiger partial charge in [0.05, 0.1) is 12.6 Å². The Morgan fingerprint density at radius 1 is 1.23 bits per heavy atom. The second kappa shape index (κ2) is 13.4.